The Kier molecular flexibility index (Phi) is 3.55. The molecule has 0 atom stereocenters. The number of nitrogens with one attached hydrogen (secondary N) is 1. The minimum Gasteiger partial charge on any atom is -0.384 e. The van der Waals surface area contributed by atoms with Crippen molar-refractivity contribution in [2.45, 2.75) is 41.0 Å². The van der Waals surface area contributed by atoms with Gasteiger partial charge in [0.25, 0.3) is 0 Å². The zero-order valence-electron chi connectivity index (χ0n) is 12.0. The number of benzene rings is 1. The Morgan fingerprint density at radius 1 is 1.11 bits per heavy atom. The first-order valence-corrected chi connectivity index (χ1v) is 6.72. The molecule has 1 aromatic carbocycles. The predicted octanol–water partition coefficient (Wildman–Crippen LogP) is 4.15. The quantitative estimate of drug-likeness (QED) is 0.874. The highest BCUT2D eigenvalue weighted by atomic mass is 14.9. The lowest BCUT2D eigenvalue weighted by Crippen LogP contribution is -2.05. The zero-order valence-corrected chi connectivity index (χ0v) is 12.0. The van der Waals surface area contributed by atoms with Crippen molar-refractivity contribution in [2.75, 3.05) is 11.9 Å². The highest BCUT2D eigenvalue weighted by molar-refractivity contribution is 5.96. The number of nitrogens with zero attached hydrogens (tertiary/aromatic N) is 1. The molecule has 0 saturated heterocycles. The van der Waals surface area contributed by atoms with Crippen molar-refractivity contribution < 1.29 is 0 Å². The van der Waals surface area contributed by atoms with Crippen molar-refractivity contribution in [1.29, 1.82) is 0 Å². The van der Waals surface area contributed by atoms with E-state index in [9.17, 15) is 0 Å². The lowest BCUT2D eigenvalue weighted by Gasteiger charge is -2.16. The number of aryl methyl sites for hydroxylation is 3. The van der Waals surface area contributed by atoms with E-state index in [1.807, 2.05) is 0 Å². The fourth-order valence-electron chi connectivity index (χ4n) is 2.66. The van der Waals surface area contributed by atoms with Gasteiger partial charge in [0.15, 0.2) is 0 Å². The standard InChI is InChI=1S/C16H22N2/c1-6-13-12(5)16(17-7-2)15-11(4)8-10(3)9-14(15)18-13/h8-9H,6-7H2,1-5H3,(H,17,18). The van der Waals surface area contributed by atoms with Gasteiger partial charge in [-0.3, -0.25) is 4.98 Å². The van der Waals surface area contributed by atoms with Gasteiger partial charge in [0.05, 0.1) is 5.52 Å². The number of hydrogen-bond acceptors (Lipinski definition) is 2. The largest absolute Gasteiger partial charge is 0.384 e. The van der Waals surface area contributed by atoms with Gasteiger partial charge in [0.1, 0.15) is 0 Å². The molecule has 1 aromatic heterocycles. The molecule has 1 heterocycles. The Morgan fingerprint density at radius 3 is 2.44 bits per heavy atom. The third-order valence-electron chi connectivity index (χ3n) is 3.46. The first-order valence-electron chi connectivity index (χ1n) is 6.72. The Hall–Kier alpha value is -1.57. The maximum Gasteiger partial charge on any atom is 0.0731 e. The molecule has 0 spiro atoms. The molecule has 0 fully saturated rings. The summed E-state index contributed by atoms with van der Waals surface area (Å²) < 4.78 is 0. The summed E-state index contributed by atoms with van der Waals surface area (Å²) in [5.74, 6) is 0. The van der Waals surface area contributed by atoms with Crippen LogP contribution in [-0.4, -0.2) is 11.5 Å². The van der Waals surface area contributed by atoms with Crippen LogP contribution in [0.1, 0.15) is 36.2 Å². The van der Waals surface area contributed by atoms with Crippen LogP contribution in [0.15, 0.2) is 12.1 Å². The van der Waals surface area contributed by atoms with E-state index in [0.717, 1.165) is 18.5 Å². The van der Waals surface area contributed by atoms with E-state index in [0.29, 0.717) is 0 Å². The van der Waals surface area contributed by atoms with Gasteiger partial charge in [-0.15, -0.1) is 0 Å². The Balaban J connectivity index is 2.86. The van der Waals surface area contributed by atoms with Crippen molar-refractivity contribution in [3.63, 3.8) is 0 Å². The van der Waals surface area contributed by atoms with Gasteiger partial charge < -0.3 is 5.32 Å². The third-order valence-corrected chi connectivity index (χ3v) is 3.46. The topological polar surface area (TPSA) is 24.9 Å². The summed E-state index contributed by atoms with van der Waals surface area (Å²) in [6, 6.07) is 4.41. The number of rotatable bonds is 3. The second kappa shape index (κ2) is 4.97. The average molecular weight is 242 g/mol. The van der Waals surface area contributed by atoms with Crippen LogP contribution in [0, 0.1) is 20.8 Å². The third kappa shape index (κ3) is 2.07. The number of aromatic nitrogens is 1. The maximum atomic E-state index is 4.82. The number of fused-ring (bicyclic) bond motifs is 1. The van der Waals surface area contributed by atoms with E-state index in [1.54, 1.807) is 0 Å². The maximum absolute atomic E-state index is 4.82. The summed E-state index contributed by atoms with van der Waals surface area (Å²) in [5.41, 5.74) is 7.45. The smallest absolute Gasteiger partial charge is 0.0731 e. The van der Waals surface area contributed by atoms with Gasteiger partial charge in [-0.05, 0) is 56.9 Å². The van der Waals surface area contributed by atoms with Gasteiger partial charge in [0.2, 0.25) is 0 Å². The molecule has 0 aliphatic rings. The SMILES string of the molecule is CCNc1c(C)c(CC)nc2cc(C)cc(C)c12. The summed E-state index contributed by atoms with van der Waals surface area (Å²) in [6.45, 7) is 11.7. The van der Waals surface area contributed by atoms with E-state index in [4.69, 9.17) is 4.98 Å². The van der Waals surface area contributed by atoms with E-state index in [1.165, 1.54) is 33.5 Å². The van der Waals surface area contributed by atoms with E-state index in [2.05, 4.69) is 52.1 Å². The molecule has 96 valence electrons. The molecule has 0 unspecified atom stereocenters. The normalized spacial score (nSPS) is 10.9. The van der Waals surface area contributed by atoms with Gasteiger partial charge in [-0.25, -0.2) is 0 Å². The molecule has 0 saturated carbocycles. The van der Waals surface area contributed by atoms with Gasteiger partial charge >= 0.3 is 0 Å². The van der Waals surface area contributed by atoms with Crippen molar-refractivity contribution in [2.24, 2.45) is 0 Å². The first-order chi connectivity index (χ1) is 8.58. The highest BCUT2D eigenvalue weighted by Gasteiger charge is 2.12. The van der Waals surface area contributed by atoms with Crippen LogP contribution in [0.5, 0.6) is 0 Å². The molecule has 2 rings (SSSR count). The molecule has 1 N–H and O–H groups in total. The van der Waals surface area contributed by atoms with E-state index < -0.39 is 0 Å². The Labute approximate surface area is 109 Å². The second-order valence-electron chi connectivity index (χ2n) is 4.92. The second-order valence-corrected chi connectivity index (χ2v) is 4.92. The van der Waals surface area contributed by atoms with Crippen molar-refractivity contribution in [1.82, 2.24) is 4.98 Å². The van der Waals surface area contributed by atoms with E-state index >= 15 is 0 Å². The van der Waals surface area contributed by atoms with Gasteiger partial charge in [0, 0.05) is 23.3 Å². The van der Waals surface area contributed by atoms with Crippen LogP contribution in [0.3, 0.4) is 0 Å². The van der Waals surface area contributed by atoms with Crippen LogP contribution >= 0.6 is 0 Å². The summed E-state index contributed by atoms with van der Waals surface area (Å²) >= 11 is 0. The molecular formula is C16H22N2. The van der Waals surface area contributed by atoms with Crippen molar-refractivity contribution >= 4 is 16.6 Å². The summed E-state index contributed by atoms with van der Waals surface area (Å²) in [7, 11) is 0. The fourth-order valence-corrected chi connectivity index (χ4v) is 2.66. The molecular weight excluding hydrogens is 220 g/mol. The molecule has 0 bridgehead atoms. The van der Waals surface area contributed by atoms with Crippen LogP contribution in [0.25, 0.3) is 10.9 Å². The number of hydrogen-bond donors (Lipinski definition) is 1. The first kappa shape index (κ1) is 12.9. The van der Waals surface area contributed by atoms with Crippen LogP contribution in [0.4, 0.5) is 5.69 Å². The minimum absolute atomic E-state index is 0.941. The molecule has 2 heteroatoms. The summed E-state index contributed by atoms with van der Waals surface area (Å²) in [4.78, 5) is 4.82. The van der Waals surface area contributed by atoms with Gasteiger partial charge in [-0.2, -0.15) is 0 Å². The predicted molar refractivity (Wildman–Crippen MR) is 79.5 cm³/mol. The molecule has 18 heavy (non-hydrogen) atoms. The minimum atomic E-state index is 0.941. The highest BCUT2D eigenvalue weighted by Crippen LogP contribution is 2.31. The Morgan fingerprint density at radius 2 is 1.83 bits per heavy atom. The van der Waals surface area contributed by atoms with Crippen LogP contribution in [0.2, 0.25) is 0 Å². The molecule has 0 radical (unpaired) electrons. The Bertz CT molecular complexity index is 585. The molecule has 2 nitrogen and oxygen atoms in total. The van der Waals surface area contributed by atoms with Crippen LogP contribution < -0.4 is 5.32 Å². The monoisotopic (exact) mass is 242 g/mol. The van der Waals surface area contributed by atoms with Crippen molar-refractivity contribution in [3.8, 4) is 0 Å². The lowest BCUT2D eigenvalue weighted by molar-refractivity contribution is 1.02. The molecule has 0 aliphatic carbocycles. The van der Waals surface area contributed by atoms with Crippen LogP contribution in [-0.2, 0) is 6.42 Å². The van der Waals surface area contributed by atoms with Gasteiger partial charge in [-0.1, -0.05) is 13.0 Å². The fraction of sp³-hybridized carbons (Fsp3) is 0.438. The zero-order chi connectivity index (χ0) is 13.3. The lowest BCUT2D eigenvalue weighted by atomic mass is 10.00. The molecule has 0 amide bonds. The molecule has 2 aromatic rings. The molecule has 0 aliphatic heterocycles. The average Bonchev–Trinajstić information content (AvgIpc) is 2.32. The van der Waals surface area contributed by atoms with E-state index in [-0.39, 0.29) is 0 Å². The van der Waals surface area contributed by atoms with Crippen molar-refractivity contribution in [3.05, 3.63) is 34.5 Å². The summed E-state index contributed by atoms with van der Waals surface area (Å²) in [6.07, 6.45) is 0.979. The summed E-state index contributed by atoms with van der Waals surface area (Å²) in [5, 5.41) is 4.79. The number of anilines is 1. The number of pyridine rings is 1.